The molecule has 10 nitrogen and oxygen atoms in total. The molecular weight excluding hydrogens is 428 g/mol. The molecule has 1 unspecified atom stereocenters. The number of nitrogens with zero attached hydrogens (tertiary/aromatic N) is 4. The quantitative estimate of drug-likeness (QED) is 0.415. The molecule has 3 aromatic rings. The number of carbonyl (C=O) groups excluding carboxylic acids is 1. The van der Waals surface area contributed by atoms with Gasteiger partial charge in [0.2, 0.25) is 0 Å². The van der Waals surface area contributed by atoms with Gasteiger partial charge in [0.05, 0.1) is 22.2 Å². The van der Waals surface area contributed by atoms with Crippen molar-refractivity contribution in [2.24, 2.45) is 5.10 Å². The van der Waals surface area contributed by atoms with Crippen LogP contribution in [0.5, 0.6) is 0 Å². The third kappa shape index (κ3) is 3.88. The van der Waals surface area contributed by atoms with Crippen LogP contribution < -0.4 is 0 Å². The van der Waals surface area contributed by atoms with Crippen LogP contribution in [0.1, 0.15) is 34.1 Å². The van der Waals surface area contributed by atoms with Crippen LogP contribution in [0.15, 0.2) is 70.4 Å². The topological polar surface area (TPSA) is 132 Å². The Morgan fingerprint density at radius 2 is 1.84 bits per heavy atom. The van der Waals surface area contributed by atoms with Gasteiger partial charge in [-0.25, -0.2) is 5.01 Å². The summed E-state index contributed by atoms with van der Waals surface area (Å²) in [4.78, 5) is 33.8. The normalized spacial score (nSPS) is 15.6. The summed E-state index contributed by atoms with van der Waals surface area (Å²) in [6, 6.07) is 12.8. The zero-order valence-corrected chi connectivity index (χ0v) is 16.4. The molecule has 1 aliphatic heterocycles. The van der Waals surface area contributed by atoms with E-state index in [4.69, 9.17) is 16.0 Å². The highest BCUT2D eigenvalue weighted by atomic mass is 35.5. The molecule has 1 aliphatic rings. The summed E-state index contributed by atoms with van der Waals surface area (Å²) in [5, 5.41) is 28.4. The Balaban J connectivity index is 1.76. The van der Waals surface area contributed by atoms with Crippen molar-refractivity contribution in [1.82, 2.24) is 5.01 Å². The Morgan fingerprint density at radius 3 is 2.48 bits per heavy atom. The SMILES string of the molecule is O=C(c1ccc([N+](=O)[O-])c([N+](=O)[O-])c1)N1N=C(c2ccco2)CC1c1cccc(Cl)c1. The molecule has 0 saturated carbocycles. The Labute approximate surface area is 179 Å². The molecule has 0 aliphatic carbocycles. The number of nitro groups is 2. The number of hydrazone groups is 1. The van der Waals surface area contributed by atoms with Crippen molar-refractivity contribution in [3.8, 4) is 0 Å². The van der Waals surface area contributed by atoms with E-state index >= 15 is 0 Å². The number of rotatable bonds is 5. The molecule has 2 heterocycles. The van der Waals surface area contributed by atoms with Gasteiger partial charge in [-0.15, -0.1) is 0 Å². The smallest absolute Gasteiger partial charge is 0.346 e. The van der Waals surface area contributed by atoms with E-state index in [1.165, 1.54) is 17.3 Å². The second-order valence-corrected chi connectivity index (χ2v) is 7.10. The number of benzene rings is 2. The lowest BCUT2D eigenvalue weighted by Gasteiger charge is -2.22. The molecule has 0 spiro atoms. The second kappa shape index (κ2) is 8.00. The van der Waals surface area contributed by atoms with Gasteiger partial charge in [-0.05, 0) is 35.9 Å². The molecule has 2 aromatic carbocycles. The second-order valence-electron chi connectivity index (χ2n) is 6.67. The standard InChI is InChI=1S/C20H13ClN4O6/c21-14-4-1-3-12(9-14)17-11-15(19-5-2-8-31-19)22-23(17)20(26)13-6-7-16(24(27)28)18(10-13)25(29)30/h1-10,17H,11H2. The highest BCUT2D eigenvalue weighted by Crippen LogP contribution is 2.36. The van der Waals surface area contributed by atoms with Crippen LogP contribution in [-0.2, 0) is 0 Å². The molecule has 1 amide bonds. The number of hydrogen-bond acceptors (Lipinski definition) is 7. The monoisotopic (exact) mass is 440 g/mol. The van der Waals surface area contributed by atoms with E-state index in [-0.39, 0.29) is 5.56 Å². The summed E-state index contributed by atoms with van der Waals surface area (Å²) < 4.78 is 5.39. The maximum absolute atomic E-state index is 13.2. The minimum Gasteiger partial charge on any atom is -0.463 e. The third-order valence-electron chi connectivity index (χ3n) is 4.77. The van der Waals surface area contributed by atoms with Crippen LogP contribution in [0.2, 0.25) is 5.02 Å². The van der Waals surface area contributed by atoms with Crippen LogP contribution in [0.3, 0.4) is 0 Å². The lowest BCUT2D eigenvalue weighted by atomic mass is 10.0. The van der Waals surface area contributed by atoms with E-state index < -0.39 is 33.2 Å². The van der Waals surface area contributed by atoms with Crippen molar-refractivity contribution in [2.75, 3.05) is 0 Å². The van der Waals surface area contributed by atoms with Gasteiger partial charge >= 0.3 is 11.4 Å². The van der Waals surface area contributed by atoms with Crippen molar-refractivity contribution in [1.29, 1.82) is 0 Å². The first-order chi connectivity index (χ1) is 14.8. The number of hydrogen-bond donors (Lipinski definition) is 0. The molecule has 0 saturated heterocycles. The molecule has 0 bridgehead atoms. The minimum absolute atomic E-state index is 0.103. The molecule has 31 heavy (non-hydrogen) atoms. The first kappa shape index (κ1) is 20.2. The highest BCUT2D eigenvalue weighted by molar-refractivity contribution is 6.30. The Morgan fingerprint density at radius 1 is 1.06 bits per heavy atom. The first-order valence-corrected chi connectivity index (χ1v) is 9.36. The van der Waals surface area contributed by atoms with E-state index in [2.05, 4.69) is 5.10 Å². The van der Waals surface area contributed by atoms with Crippen molar-refractivity contribution in [2.45, 2.75) is 12.5 Å². The van der Waals surface area contributed by atoms with Crippen LogP contribution in [-0.4, -0.2) is 26.5 Å². The van der Waals surface area contributed by atoms with E-state index in [1.54, 1.807) is 36.4 Å². The molecule has 156 valence electrons. The van der Waals surface area contributed by atoms with E-state index in [0.29, 0.717) is 28.5 Å². The fraction of sp³-hybridized carbons (Fsp3) is 0.100. The van der Waals surface area contributed by atoms with Crippen LogP contribution in [0.4, 0.5) is 11.4 Å². The third-order valence-corrected chi connectivity index (χ3v) is 5.01. The fourth-order valence-corrected chi connectivity index (χ4v) is 3.55. The van der Waals surface area contributed by atoms with Gasteiger partial charge in [0.15, 0.2) is 0 Å². The molecule has 4 rings (SSSR count). The molecule has 0 radical (unpaired) electrons. The summed E-state index contributed by atoms with van der Waals surface area (Å²) in [6.07, 6.45) is 1.81. The predicted molar refractivity (Wildman–Crippen MR) is 110 cm³/mol. The Kier molecular flexibility index (Phi) is 5.22. The predicted octanol–water partition coefficient (Wildman–Crippen LogP) is 4.74. The largest absolute Gasteiger partial charge is 0.463 e. The van der Waals surface area contributed by atoms with Crippen molar-refractivity contribution in [3.05, 3.63) is 103 Å². The lowest BCUT2D eigenvalue weighted by Crippen LogP contribution is -2.27. The fourth-order valence-electron chi connectivity index (χ4n) is 3.35. The van der Waals surface area contributed by atoms with E-state index in [1.807, 2.05) is 0 Å². The molecule has 11 heteroatoms. The highest BCUT2D eigenvalue weighted by Gasteiger charge is 2.36. The van der Waals surface area contributed by atoms with Gasteiger partial charge in [0.1, 0.15) is 11.5 Å². The summed E-state index contributed by atoms with van der Waals surface area (Å²) in [5.41, 5.74) is -0.352. The minimum atomic E-state index is -0.898. The molecule has 0 N–H and O–H groups in total. The van der Waals surface area contributed by atoms with Crippen molar-refractivity contribution in [3.63, 3.8) is 0 Å². The Hall–Kier alpha value is -4.05. The number of carbonyl (C=O) groups is 1. The molecular formula is C20H13ClN4O6. The summed E-state index contributed by atoms with van der Waals surface area (Å²) >= 11 is 6.11. The van der Waals surface area contributed by atoms with E-state index in [9.17, 15) is 25.0 Å². The zero-order valence-electron chi connectivity index (χ0n) is 15.7. The maximum atomic E-state index is 13.2. The number of furan rings is 1. The summed E-state index contributed by atoms with van der Waals surface area (Å²) in [7, 11) is 0. The number of amides is 1. The maximum Gasteiger partial charge on any atom is 0.346 e. The van der Waals surface area contributed by atoms with Gasteiger partial charge in [-0.2, -0.15) is 5.10 Å². The van der Waals surface area contributed by atoms with Gasteiger partial charge in [-0.3, -0.25) is 25.0 Å². The lowest BCUT2D eigenvalue weighted by molar-refractivity contribution is -0.422. The molecule has 1 atom stereocenters. The van der Waals surface area contributed by atoms with Gasteiger partial charge in [0.25, 0.3) is 5.91 Å². The average Bonchev–Trinajstić information content (AvgIpc) is 3.42. The number of nitro benzene ring substituents is 2. The van der Waals surface area contributed by atoms with Gasteiger partial charge in [-0.1, -0.05) is 23.7 Å². The number of halogens is 1. The van der Waals surface area contributed by atoms with Crippen molar-refractivity contribution < 1.29 is 19.1 Å². The van der Waals surface area contributed by atoms with E-state index in [0.717, 1.165) is 12.1 Å². The zero-order chi connectivity index (χ0) is 22.1. The Bertz CT molecular complexity index is 1220. The first-order valence-electron chi connectivity index (χ1n) is 8.98. The van der Waals surface area contributed by atoms with Gasteiger partial charge < -0.3 is 4.42 Å². The van der Waals surface area contributed by atoms with Crippen LogP contribution in [0.25, 0.3) is 0 Å². The van der Waals surface area contributed by atoms with Crippen LogP contribution >= 0.6 is 11.6 Å². The molecule has 1 aromatic heterocycles. The molecule has 0 fully saturated rings. The summed E-state index contributed by atoms with van der Waals surface area (Å²) in [6.45, 7) is 0. The summed E-state index contributed by atoms with van der Waals surface area (Å²) in [5.74, 6) is -0.165. The average molecular weight is 441 g/mol. The van der Waals surface area contributed by atoms with Crippen LogP contribution in [0, 0.1) is 20.2 Å². The van der Waals surface area contributed by atoms with Crippen molar-refractivity contribution >= 4 is 34.6 Å². The van der Waals surface area contributed by atoms with Gasteiger partial charge in [0, 0.05) is 29.1 Å².